The van der Waals surface area contributed by atoms with Gasteiger partial charge in [0, 0.05) is 36.2 Å². The molecule has 8 heteroatoms. The lowest BCUT2D eigenvalue weighted by Gasteiger charge is -2.33. The maximum Gasteiger partial charge on any atom is 0.292 e. The second kappa shape index (κ2) is 6.94. The number of likely N-dealkylation sites (tertiary alicyclic amines) is 1. The molecule has 1 aliphatic rings. The highest BCUT2D eigenvalue weighted by Gasteiger charge is 2.28. The molecule has 0 spiro atoms. The van der Waals surface area contributed by atoms with Crippen molar-refractivity contribution in [3.05, 3.63) is 53.4 Å². The molecule has 1 atom stereocenters. The number of anilines is 1. The van der Waals surface area contributed by atoms with Gasteiger partial charge >= 0.3 is 0 Å². The van der Waals surface area contributed by atoms with Gasteiger partial charge < -0.3 is 10.2 Å². The van der Waals surface area contributed by atoms with E-state index in [1.54, 1.807) is 21.4 Å². The van der Waals surface area contributed by atoms with Gasteiger partial charge in [0.1, 0.15) is 5.82 Å². The molecule has 7 nitrogen and oxygen atoms in total. The number of rotatable bonds is 3. The van der Waals surface area contributed by atoms with Gasteiger partial charge in [-0.3, -0.25) is 9.20 Å². The van der Waals surface area contributed by atoms with Gasteiger partial charge in [-0.2, -0.15) is 0 Å². The first kappa shape index (κ1) is 17.4. The predicted octanol–water partition coefficient (Wildman–Crippen LogP) is 2.60. The molecule has 1 amide bonds. The summed E-state index contributed by atoms with van der Waals surface area (Å²) in [7, 11) is 0. The third kappa shape index (κ3) is 3.47. The fourth-order valence-corrected chi connectivity index (χ4v) is 3.57. The summed E-state index contributed by atoms with van der Waals surface area (Å²) >= 11 is 0. The number of carbonyl (C=O) groups is 1. The Morgan fingerprint density at radius 1 is 1.22 bits per heavy atom. The summed E-state index contributed by atoms with van der Waals surface area (Å²) in [5, 5.41) is 11.5. The van der Waals surface area contributed by atoms with E-state index in [1.807, 2.05) is 19.9 Å². The van der Waals surface area contributed by atoms with Crippen LogP contribution in [0.15, 0.2) is 30.3 Å². The highest BCUT2D eigenvalue weighted by molar-refractivity contribution is 5.91. The van der Waals surface area contributed by atoms with E-state index in [2.05, 4.69) is 20.5 Å². The average molecular weight is 368 g/mol. The van der Waals surface area contributed by atoms with Gasteiger partial charge in [-0.25, -0.2) is 9.37 Å². The zero-order valence-electron chi connectivity index (χ0n) is 15.3. The second-order valence-corrected chi connectivity index (χ2v) is 6.94. The number of hydrogen-bond acceptors (Lipinski definition) is 5. The van der Waals surface area contributed by atoms with Crippen molar-refractivity contribution in [1.29, 1.82) is 0 Å². The zero-order valence-corrected chi connectivity index (χ0v) is 15.3. The van der Waals surface area contributed by atoms with E-state index in [-0.39, 0.29) is 23.6 Å². The molecule has 0 bridgehead atoms. The van der Waals surface area contributed by atoms with E-state index in [0.29, 0.717) is 18.9 Å². The maximum absolute atomic E-state index is 13.1. The fraction of sp³-hybridized carbons (Fsp3) is 0.368. The summed E-state index contributed by atoms with van der Waals surface area (Å²) in [6, 6.07) is 8.28. The molecule has 27 heavy (non-hydrogen) atoms. The minimum absolute atomic E-state index is 0.105. The van der Waals surface area contributed by atoms with Crippen molar-refractivity contribution >= 4 is 17.4 Å². The highest BCUT2D eigenvalue weighted by atomic mass is 19.1. The summed E-state index contributed by atoms with van der Waals surface area (Å²) in [6.45, 7) is 5.04. The number of nitrogens with zero attached hydrogens (tertiary/aromatic N) is 5. The highest BCUT2D eigenvalue weighted by Crippen LogP contribution is 2.19. The van der Waals surface area contributed by atoms with Gasteiger partial charge in [0.15, 0.2) is 0 Å². The topological polar surface area (TPSA) is 75.4 Å². The van der Waals surface area contributed by atoms with Crippen LogP contribution in [-0.4, -0.2) is 49.5 Å². The second-order valence-electron chi connectivity index (χ2n) is 6.94. The smallest absolute Gasteiger partial charge is 0.292 e. The summed E-state index contributed by atoms with van der Waals surface area (Å²) in [6.07, 6.45) is 1.83. The molecule has 1 aliphatic heterocycles. The standard InChI is InChI=1S/C19H21FN6O/c1-12-10-13(2)26-17(23-24-19(26)21-12)18(27)25-9-3-4-16(11-25)22-15-7-5-14(20)6-8-15/h5-8,10,16,22H,3-4,9,11H2,1-2H3. The summed E-state index contributed by atoms with van der Waals surface area (Å²) in [5.41, 5.74) is 2.57. The van der Waals surface area contributed by atoms with Crippen LogP contribution < -0.4 is 5.32 Å². The molecule has 0 saturated carbocycles. The Morgan fingerprint density at radius 2 is 2.00 bits per heavy atom. The van der Waals surface area contributed by atoms with Crippen LogP contribution in [0.3, 0.4) is 0 Å². The Balaban J connectivity index is 1.53. The number of carbonyl (C=O) groups excluding carboxylic acids is 1. The van der Waals surface area contributed by atoms with Crippen LogP contribution in [0.2, 0.25) is 0 Å². The summed E-state index contributed by atoms with van der Waals surface area (Å²) in [4.78, 5) is 19.2. The lowest BCUT2D eigenvalue weighted by molar-refractivity contribution is 0.0700. The molecule has 140 valence electrons. The minimum Gasteiger partial charge on any atom is -0.381 e. The van der Waals surface area contributed by atoms with Crippen LogP contribution in [0, 0.1) is 19.7 Å². The number of fused-ring (bicyclic) bond motifs is 1. The molecule has 2 aromatic heterocycles. The van der Waals surface area contributed by atoms with Gasteiger partial charge in [-0.15, -0.1) is 10.2 Å². The van der Waals surface area contributed by atoms with Gasteiger partial charge in [0.05, 0.1) is 0 Å². The normalized spacial score (nSPS) is 17.3. The monoisotopic (exact) mass is 368 g/mol. The number of aryl methyl sites for hydroxylation is 2. The van der Waals surface area contributed by atoms with E-state index in [0.717, 1.165) is 29.9 Å². The number of amides is 1. The molecule has 1 N–H and O–H groups in total. The number of halogens is 1. The van der Waals surface area contributed by atoms with Crippen molar-refractivity contribution in [1.82, 2.24) is 24.5 Å². The van der Waals surface area contributed by atoms with Gasteiger partial charge in [-0.05, 0) is 57.0 Å². The minimum atomic E-state index is -0.265. The van der Waals surface area contributed by atoms with Crippen LogP contribution in [-0.2, 0) is 0 Å². The third-order valence-corrected chi connectivity index (χ3v) is 4.81. The number of hydrogen-bond donors (Lipinski definition) is 1. The van der Waals surface area contributed by atoms with Crippen molar-refractivity contribution in [2.24, 2.45) is 0 Å². The largest absolute Gasteiger partial charge is 0.381 e. The molecule has 3 aromatic rings. The lowest BCUT2D eigenvalue weighted by atomic mass is 10.1. The van der Waals surface area contributed by atoms with Crippen LogP contribution in [0.1, 0.15) is 34.8 Å². The SMILES string of the molecule is Cc1cc(C)n2c(C(=O)N3CCCC(Nc4ccc(F)cc4)C3)nnc2n1. The van der Waals surface area contributed by atoms with E-state index in [4.69, 9.17) is 0 Å². The van der Waals surface area contributed by atoms with Crippen LogP contribution in [0.5, 0.6) is 0 Å². The van der Waals surface area contributed by atoms with Crippen LogP contribution in [0.25, 0.3) is 5.78 Å². The molecule has 1 aromatic carbocycles. The van der Waals surface area contributed by atoms with E-state index in [1.165, 1.54) is 12.1 Å². The van der Waals surface area contributed by atoms with Gasteiger partial charge in [-0.1, -0.05) is 0 Å². The molecule has 4 rings (SSSR count). The van der Waals surface area contributed by atoms with Crippen LogP contribution in [0.4, 0.5) is 10.1 Å². The lowest BCUT2D eigenvalue weighted by Crippen LogP contribution is -2.45. The zero-order chi connectivity index (χ0) is 19.0. The predicted molar refractivity (Wildman–Crippen MR) is 99.2 cm³/mol. The molecule has 1 fully saturated rings. The van der Waals surface area contributed by atoms with Crippen molar-refractivity contribution in [3.8, 4) is 0 Å². The first-order valence-corrected chi connectivity index (χ1v) is 9.02. The molecule has 3 heterocycles. The average Bonchev–Trinajstić information content (AvgIpc) is 3.07. The Morgan fingerprint density at radius 3 is 2.78 bits per heavy atom. The van der Waals surface area contributed by atoms with Crippen molar-refractivity contribution in [2.45, 2.75) is 32.7 Å². The molecular formula is C19H21FN6O. The number of piperidine rings is 1. The van der Waals surface area contributed by atoms with Gasteiger partial charge in [0.2, 0.25) is 5.82 Å². The van der Waals surface area contributed by atoms with Crippen molar-refractivity contribution < 1.29 is 9.18 Å². The summed E-state index contributed by atoms with van der Waals surface area (Å²) < 4.78 is 14.8. The summed E-state index contributed by atoms with van der Waals surface area (Å²) in [5.74, 6) is 0.312. The quantitative estimate of drug-likeness (QED) is 0.769. The molecule has 0 radical (unpaired) electrons. The Labute approximate surface area is 156 Å². The molecular weight excluding hydrogens is 347 g/mol. The van der Waals surface area contributed by atoms with Crippen molar-refractivity contribution in [2.75, 3.05) is 18.4 Å². The Hall–Kier alpha value is -3.03. The Kier molecular flexibility index (Phi) is 4.47. The van der Waals surface area contributed by atoms with Crippen molar-refractivity contribution in [3.63, 3.8) is 0 Å². The maximum atomic E-state index is 13.1. The van der Waals surface area contributed by atoms with Crippen LogP contribution >= 0.6 is 0 Å². The first-order chi connectivity index (χ1) is 13.0. The Bertz CT molecular complexity index is 984. The number of aromatic nitrogens is 4. The van der Waals surface area contributed by atoms with Gasteiger partial charge in [0.25, 0.3) is 11.7 Å². The molecule has 1 unspecified atom stereocenters. The third-order valence-electron chi connectivity index (χ3n) is 4.81. The van der Waals surface area contributed by atoms with E-state index >= 15 is 0 Å². The fourth-order valence-electron chi connectivity index (χ4n) is 3.57. The van der Waals surface area contributed by atoms with E-state index < -0.39 is 0 Å². The van der Waals surface area contributed by atoms with E-state index in [9.17, 15) is 9.18 Å². The molecule has 1 saturated heterocycles. The first-order valence-electron chi connectivity index (χ1n) is 9.02. The number of nitrogens with one attached hydrogen (secondary N) is 1. The number of benzene rings is 1. The molecule has 0 aliphatic carbocycles.